The van der Waals surface area contributed by atoms with Crippen LogP contribution in [0.4, 0.5) is 5.69 Å². The first kappa shape index (κ1) is 20.8. The van der Waals surface area contributed by atoms with E-state index in [1.165, 1.54) is 24.3 Å². The Labute approximate surface area is 170 Å². The van der Waals surface area contributed by atoms with E-state index in [4.69, 9.17) is 4.74 Å². The summed E-state index contributed by atoms with van der Waals surface area (Å²) < 4.78 is 28.8. The summed E-state index contributed by atoms with van der Waals surface area (Å²) in [4.78, 5) is 26.7. The predicted octanol–water partition coefficient (Wildman–Crippen LogP) is 3.13. The van der Waals surface area contributed by atoms with E-state index in [1.54, 1.807) is 6.07 Å². The topological polar surface area (TPSA) is 80.8 Å². The Morgan fingerprint density at radius 3 is 2.34 bits per heavy atom. The van der Waals surface area contributed by atoms with E-state index >= 15 is 0 Å². The van der Waals surface area contributed by atoms with Gasteiger partial charge in [0, 0.05) is 36.2 Å². The van der Waals surface area contributed by atoms with Crippen molar-refractivity contribution in [2.24, 2.45) is 0 Å². The number of sulfone groups is 1. The first-order valence-corrected chi connectivity index (χ1v) is 11.0. The average Bonchev–Trinajstić information content (AvgIpc) is 2.86. The minimum atomic E-state index is -3.59. The maximum atomic E-state index is 12.5. The van der Waals surface area contributed by atoms with Crippen LogP contribution in [-0.2, 0) is 24.8 Å². The normalized spacial score (nSPS) is 16.6. The highest BCUT2D eigenvalue weighted by Gasteiger charge is 2.38. The number of ether oxygens (including phenoxy) is 1. The number of carbonyl (C=O) groups excluding carboxylic acids is 2. The zero-order valence-electron chi connectivity index (χ0n) is 16.8. The molecule has 0 unspecified atom stereocenters. The molecule has 0 spiro atoms. The molecule has 0 radical (unpaired) electrons. The second-order valence-electron chi connectivity index (χ2n) is 7.54. The van der Waals surface area contributed by atoms with E-state index in [9.17, 15) is 18.0 Å². The number of likely N-dealkylation sites (N-methyl/N-ethyl adjacent to an activating group) is 1. The third-order valence-corrected chi connectivity index (χ3v) is 6.25. The maximum Gasteiger partial charge on any atom is 0.339 e. The molecule has 0 atom stereocenters. The standard InChI is InChI=1S/C22H23NO5S/c1-22(2)17-10-6-7-11-18(17)23(3)20(22)13-15(24)14-28-21(25)16-9-5-8-12-19(16)29(4,26)27/h5-13H,14H2,1-4H3/b20-13+. The largest absolute Gasteiger partial charge is 0.454 e. The van der Waals surface area contributed by atoms with Crippen LogP contribution in [0.3, 0.4) is 0 Å². The molecule has 0 saturated carbocycles. The fourth-order valence-corrected chi connectivity index (χ4v) is 4.50. The Kier molecular flexibility index (Phi) is 5.36. The highest BCUT2D eigenvalue weighted by Crippen LogP contribution is 2.46. The number of hydrogen-bond acceptors (Lipinski definition) is 6. The van der Waals surface area contributed by atoms with Gasteiger partial charge in [0.25, 0.3) is 0 Å². The van der Waals surface area contributed by atoms with Gasteiger partial charge in [0.15, 0.2) is 22.2 Å². The molecule has 6 nitrogen and oxygen atoms in total. The zero-order chi connectivity index (χ0) is 21.4. The number of nitrogens with zero attached hydrogens (tertiary/aromatic N) is 1. The van der Waals surface area contributed by atoms with Gasteiger partial charge in [-0.3, -0.25) is 4.79 Å². The molecule has 0 N–H and O–H groups in total. The number of para-hydroxylation sites is 1. The highest BCUT2D eigenvalue weighted by molar-refractivity contribution is 7.90. The number of allylic oxidation sites excluding steroid dienone is 1. The van der Waals surface area contributed by atoms with Crippen LogP contribution in [-0.4, -0.2) is 40.1 Å². The first-order chi connectivity index (χ1) is 13.5. The Morgan fingerprint density at radius 2 is 1.69 bits per heavy atom. The van der Waals surface area contributed by atoms with Gasteiger partial charge in [0.05, 0.1) is 10.5 Å². The number of esters is 1. The lowest BCUT2D eigenvalue weighted by atomic mass is 9.83. The van der Waals surface area contributed by atoms with Crippen molar-refractivity contribution in [3.8, 4) is 0 Å². The van der Waals surface area contributed by atoms with Crippen LogP contribution in [0.1, 0.15) is 29.8 Å². The molecule has 0 aliphatic carbocycles. The summed E-state index contributed by atoms with van der Waals surface area (Å²) in [6.45, 7) is 3.59. The van der Waals surface area contributed by atoms with Gasteiger partial charge in [-0.25, -0.2) is 13.2 Å². The molecular formula is C22H23NO5S. The third-order valence-electron chi connectivity index (χ3n) is 5.09. The Hall–Kier alpha value is -2.93. The van der Waals surface area contributed by atoms with Gasteiger partial charge >= 0.3 is 5.97 Å². The molecule has 0 fully saturated rings. The van der Waals surface area contributed by atoms with Crippen molar-refractivity contribution in [3.05, 3.63) is 71.4 Å². The second kappa shape index (κ2) is 7.48. The molecule has 2 aromatic rings. The average molecular weight is 413 g/mol. The van der Waals surface area contributed by atoms with Gasteiger partial charge in [-0.15, -0.1) is 0 Å². The number of carbonyl (C=O) groups is 2. The molecule has 2 aromatic carbocycles. The van der Waals surface area contributed by atoms with E-state index in [2.05, 4.69) is 0 Å². The Balaban J connectivity index is 1.77. The lowest BCUT2D eigenvalue weighted by molar-refractivity contribution is -0.117. The summed E-state index contributed by atoms with van der Waals surface area (Å²) >= 11 is 0. The summed E-state index contributed by atoms with van der Waals surface area (Å²) in [6.07, 6.45) is 2.50. The van der Waals surface area contributed by atoms with Crippen LogP contribution < -0.4 is 4.90 Å². The van der Waals surface area contributed by atoms with Gasteiger partial charge in [0.1, 0.15) is 0 Å². The number of fused-ring (bicyclic) bond motifs is 1. The molecule has 3 rings (SSSR count). The fraction of sp³-hybridized carbons (Fsp3) is 0.273. The van der Waals surface area contributed by atoms with E-state index in [-0.39, 0.29) is 21.7 Å². The zero-order valence-corrected chi connectivity index (χ0v) is 17.6. The Morgan fingerprint density at radius 1 is 1.07 bits per heavy atom. The molecule has 29 heavy (non-hydrogen) atoms. The number of rotatable bonds is 5. The summed E-state index contributed by atoms with van der Waals surface area (Å²) in [6, 6.07) is 13.7. The monoisotopic (exact) mass is 413 g/mol. The lowest BCUT2D eigenvalue weighted by Crippen LogP contribution is -2.25. The number of benzene rings is 2. The SMILES string of the molecule is CN1/C(=C/C(=O)COC(=O)c2ccccc2S(C)(=O)=O)C(C)(C)c2ccccc21. The first-order valence-electron chi connectivity index (χ1n) is 9.08. The minimum absolute atomic E-state index is 0.0822. The fourth-order valence-electron chi connectivity index (χ4n) is 3.63. The van der Waals surface area contributed by atoms with Crippen molar-refractivity contribution >= 4 is 27.3 Å². The summed E-state index contributed by atoms with van der Waals surface area (Å²) in [7, 11) is -1.70. The quantitative estimate of drug-likeness (QED) is 0.553. The lowest BCUT2D eigenvalue weighted by Gasteiger charge is -2.23. The van der Waals surface area contributed by atoms with E-state index in [0.717, 1.165) is 23.2 Å². The molecule has 7 heteroatoms. The molecule has 0 bridgehead atoms. The predicted molar refractivity (Wildman–Crippen MR) is 111 cm³/mol. The number of hydrogen-bond donors (Lipinski definition) is 0. The van der Waals surface area contributed by atoms with Crippen LogP contribution in [0, 0.1) is 0 Å². The second-order valence-corrected chi connectivity index (χ2v) is 9.53. The van der Waals surface area contributed by atoms with Crippen molar-refractivity contribution in [2.75, 3.05) is 24.8 Å². The smallest absolute Gasteiger partial charge is 0.339 e. The van der Waals surface area contributed by atoms with E-state index in [1.807, 2.05) is 50.1 Å². The van der Waals surface area contributed by atoms with Crippen molar-refractivity contribution in [2.45, 2.75) is 24.2 Å². The van der Waals surface area contributed by atoms with E-state index < -0.39 is 22.4 Å². The third kappa shape index (κ3) is 3.96. The number of ketones is 1. The molecule has 1 aliphatic rings. The number of anilines is 1. The molecular weight excluding hydrogens is 390 g/mol. The molecule has 0 saturated heterocycles. The molecule has 0 aromatic heterocycles. The van der Waals surface area contributed by atoms with Crippen molar-refractivity contribution < 1.29 is 22.7 Å². The van der Waals surface area contributed by atoms with Crippen LogP contribution in [0.25, 0.3) is 0 Å². The molecule has 0 amide bonds. The van der Waals surface area contributed by atoms with Crippen LogP contribution in [0.2, 0.25) is 0 Å². The van der Waals surface area contributed by atoms with Gasteiger partial charge in [-0.2, -0.15) is 0 Å². The van der Waals surface area contributed by atoms with Crippen LogP contribution >= 0.6 is 0 Å². The summed E-state index contributed by atoms with van der Waals surface area (Å²) in [5.41, 5.74) is 2.49. The maximum absolute atomic E-state index is 12.5. The van der Waals surface area contributed by atoms with Gasteiger partial charge in [-0.1, -0.05) is 44.2 Å². The minimum Gasteiger partial charge on any atom is -0.454 e. The molecule has 1 aliphatic heterocycles. The Bertz CT molecular complexity index is 1120. The van der Waals surface area contributed by atoms with Crippen molar-refractivity contribution in [1.82, 2.24) is 0 Å². The van der Waals surface area contributed by atoms with Crippen molar-refractivity contribution in [3.63, 3.8) is 0 Å². The van der Waals surface area contributed by atoms with Gasteiger partial charge < -0.3 is 9.64 Å². The summed E-state index contributed by atoms with van der Waals surface area (Å²) in [5.74, 6) is -1.22. The highest BCUT2D eigenvalue weighted by atomic mass is 32.2. The van der Waals surface area contributed by atoms with Crippen LogP contribution in [0.15, 0.2) is 65.2 Å². The summed E-state index contributed by atoms with van der Waals surface area (Å²) in [5, 5.41) is 0. The molecule has 152 valence electrons. The van der Waals surface area contributed by atoms with Gasteiger partial charge in [0.2, 0.25) is 0 Å². The molecule has 1 heterocycles. The van der Waals surface area contributed by atoms with Crippen LogP contribution in [0.5, 0.6) is 0 Å². The van der Waals surface area contributed by atoms with E-state index in [0.29, 0.717) is 0 Å². The van der Waals surface area contributed by atoms with Crippen molar-refractivity contribution in [1.29, 1.82) is 0 Å². The van der Waals surface area contributed by atoms with Gasteiger partial charge in [-0.05, 0) is 23.8 Å².